The van der Waals surface area contributed by atoms with Crippen LogP contribution in [0, 0.1) is 0 Å². The maximum atomic E-state index is 4.51. The smallest absolute Gasteiger partial charge is 0.117 e. The van der Waals surface area contributed by atoms with Crippen LogP contribution in [0.4, 0.5) is 0 Å². The normalized spacial score (nSPS) is 10.8. The topological polar surface area (TPSA) is 41.6 Å². The van der Waals surface area contributed by atoms with Crippen molar-refractivity contribution in [1.82, 2.24) is 15.0 Å². The number of fused-ring (bicyclic) bond motifs is 1. The van der Waals surface area contributed by atoms with E-state index in [-0.39, 0.29) is 0 Å². The number of nitrogens with one attached hydrogen (secondary N) is 1. The van der Waals surface area contributed by atoms with Gasteiger partial charge in [0.2, 0.25) is 0 Å². The highest BCUT2D eigenvalue weighted by Gasteiger charge is 2.02. The van der Waals surface area contributed by atoms with Gasteiger partial charge < -0.3 is 4.98 Å². The summed E-state index contributed by atoms with van der Waals surface area (Å²) in [5.74, 6) is 1.83. The minimum atomic E-state index is 0.846. The zero-order chi connectivity index (χ0) is 11.5. The Morgan fingerprint density at radius 3 is 2.82 bits per heavy atom. The molecule has 0 atom stereocenters. The largest absolute Gasteiger partial charge is 0.340 e. The minimum Gasteiger partial charge on any atom is -0.340 e. The van der Waals surface area contributed by atoms with Crippen molar-refractivity contribution < 1.29 is 0 Å². The predicted molar refractivity (Wildman–Crippen MR) is 69.9 cm³/mol. The second-order valence-corrected chi connectivity index (χ2v) is 4.73. The maximum absolute atomic E-state index is 4.51. The fraction of sp³-hybridized carbons (Fsp3) is 0.0769. The molecule has 3 nitrogen and oxygen atoms in total. The second kappa shape index (κ2) is 4.59. The summed E-state index contributed by atoms with van der Waals surface area (Å²) in [6.45, 7) is 0. The summed E-state index contributed by atoms with van der Waals surface area (Å²) in [6.07, 6.45) is 3.57. The lowest BCUT2D eigenvalue weighted by atomic mass is 10.4. The molecule has 3 rings (SSSR count). The number of benzene rings is 1. The molecule has 4 heteroatoms. The lowest BCUT2D eigenvalue weighted by molar-refractivity contribution is 1.14. The molecule has 17 heavy (non-hydrogen) atoms. The van der Waals surface area contributed by atoms with Crippen LogP contribution in [0.1, 0.15) is 5.82 Å². The first-order valence-electron chi connectivity index (χ1n) is 5.38. The zero-order valence-corrected chi connectivity index (χ0v) is 9.95. The van der Waals surface area contributed by atoms with Gasteiger partial charge in [0.25, 0.3) is 0 Å². The van der Waals surface area contributed by atoms with Gasteiger partial charge in [0.15, 0.2) is 0 Å². The van der Waals surface area contributed by atoms with Crippen molar-refractivity contribution in [2.24, 2.45) is 0 Å². The lowest BCUT2D eigenvalue weighted by Gasteiger charge is -1.97. The van der Waals surface area contributed by atoms with Crippen molar-refractivity contribution in [1.29, 1.82) is 0 Å². The standard InChI is InChI=1S/C13H11N3S/c1-2-4-10(5-3-1)17-9-13-15-11-6-7-14-8-12(11)16-13/h1-8H,9H2,(H,15,16). The highest BCUT2D eigenvalue weighted by molar-refractivity contribution is 7.98. The molecule has 0 spiro atoms. The Morgan fingerprint density at radius 1 is 1.12 bits per heavy atom. The van der Waals surface area contributed by atoms with E-state index in [9.17, 15) is 0 Å². The van der Waals surface area contributed by atoms with Crippen LogP contribution in [-0.4, -0.2) is 15.0 Å². The Hall–Kier alpha value is -1.81. The van der Waals surface area contributed by atoms with E-state index in [1.54, 1.807) is 24.2 Å². The van der Waals surface area contributed by atoms with Crippen LogP contribution in [0.5, 0.6) is 0 Å². The number of nitrogens with zero attached hydrogens (tertiary/aromatic N) is 2. The van der Waals surface area contributed by atoms with Crippen molar-refractivity contribution in [3.63, 3.8) is 0 Å². The highest BCUT2D eigenvalue weighted by atomic mass is 32.2. The van der Waals surface area contributed by atoms with Crippen LogP contribution >= 0.6 is 11.8 Å². The van der Waals surface area contributed by atoms with Crippen molar-refractivity contribution in [2.75, 3.05) is 0 Å². The molecule has 1 N–H and O–H groups in total. The summed E-state index contributed by atoms with van der Waals surface area (Å²) in [4.78, 5) is 13.1. The first-order valence-corrected chi connectivity index (χ1v) is 6.37. The third kappa shape index (κ3) is 2.31. The lowest BCUT2D eigenvalue weighted by Crippen LogP contribution is -1.82. The fourth-order valence-corrected chi connectivity index (χ4v) is 2.44. The molecule has 3 aromatic rings. The average molecular weight is 241 g/mol. The maximum Gasteiger partial charge on any atom is 0.117 e. The van der Waals surface area contributed by atoms with Crippen molar-refractivity contribution >= 4 is 22.8 Å². The van der Waals surface area contributed by atoms with Crippen molar-refractivity contribution in [2.45, 2.75) is 10.6 Å². The Bertz CT molecular complexity index is 586. The number of H-pyrrole nitrogens is 1. The number of pyridine rings is 1. The molecule has 0 amide bonds. The van der Waals surface area contributed by atoms with Gasteiger partial charge in [0.05, 0.1) is 23.0 Å². The SMILES string of the molecule is c1ccc(SCc2nc3ccncc3[nH]2)cc1. The van der Waals surface area contributed by atoms with E-state index in [4.69, 9.17) is 0 Å². The molecule has 0 aliphatic heterocycles. The molecule has 0 bridgehead atoms. The number of imidazole rings is 1. The van der Waals surface area contributed by atoms with E-state index in [2.05, 4.69) is 27.1 Å². The molecular formula is C13H11N3S. The van der Waals surface area contributed by atoms with E-state index in [1.165, 1.54) is 4.90 Å². The molecule has 0 radical (unpaired) electrons. The molecule has 2 heterocycles. The Morgan fingerprint density at radius 2 is 2.00 bits per heavy atom. The van der Waals surface area contributed by atoms with E-state index >= 15 is 0 Å². The van der Waals surface area contributed by atoms with Gasteiger partial charge in [-0.1, -0.05) is 18.2 Å². The van der Waals surface area contributed by atoms with Gasteiger partial charge in [-0.05, 0) is 18.2 Å². The predicted octanol–water partition coefficient (Wildman–Crippen LogP) is 3.25. The van der Waals surface area contributed by atoms with E-state index in [1.807, 2.05) is 24.3 Å². The molecule has 2 aromatic heterocycles. The molecule has 0 fully saturated rings. The molecule has 0 aliphatic rings. The summed E-state index contributed by atoms with van der Waals surface area (Å²) >= 11 is 1.77. The number of hydrogen-bond donors (Lipinski definition) is 1. The third-order valence-corrected chi connectivity index (χ3v) is 3.47. The van der Waals surface area contributed by atoms with Gasteiger partial charge in [0, 0.05) is 11.1 Å². The molecule has 0 aliphatic carbocycles. The van der Waals surface area contributed by atoms with Crippen LogP contribution in [0.2, 0.25) is 0 Å². The van der Waals surface area contributed by atoms with Gasteiger partial charge in [-0.2, -0.15) is 0 Å². The molecule has 0 saturated carbocycles. The first-order chi connectivity index (χ1) is 8.42. The quantitative estimate of drug-likeness (QED) is 0.716. The van der Waals surface area contributed by atoms with Gasteiger partial charge in [-0.25, -0.2) is 4.98 Å². The number of aromatic nitrogens is 3. The molecule has 0 unspecified atom stereocenters. The Balaban J connectivity index is 1.77. The van der Waals surface area contributed by atoms with Crippen LogP contribution in [0.15, 0.2) is 53.7 Å². The monoisotopic (exact) mass is 241 g/mol. The van der Waals surface area contributed by atoms with Crippen LogP contribution in [-0.2, 0) is 5.75 Å². The van der Waals surface area contributed by atoms with Gasteiger partial charge >= 0.3 is 0 Å². The minimum absolute atomic E-state index is 0.846. The summed E-state index contributed by atoms with van der Waals surface area (Å²) in [5, 5.41) is 0. The number of aromatic amines is 1. The summed E-state index contributed by atoms with van der Waals surface area (Å²) < 4.78 is 0. The number of thioether (sulfide) groups is 1. The molecule has 1 aromatic carbocycles. The van der Waals surface area contributed by atoms with Crippen molar-refractivity contribution in [3.8, 4) is 0 Å². The first kappa shape index (κ1) is 10.4. The summed E-state index contributed by atoms with van der Waals surface area (Å²) in [5.41, 5.74) is 1.97. The zero-order valence-electron chi connectivity index (χ0n) is 9.13. The molecular weight excluding hydrogens is 230 g/mol. The van der Waals surface area contributed by atoms with E-state index in [0.29, 0.717) is 0 Å². The highest BCUT2D eigenvalue weighted by Crippen LogP contribution is 2.21. The van der Waals surface area contributed by atoms with Crippen LogP contribution in [0.3, 0.4) is 0 Å². The van der Waals surface area contributed by atoms with Crippen LogP contribution in [0.25, 0.3) is 11.0 Å². The fourth-order valence-electron chi connectivity index (χ4n) is 1.65. The van der Waals surface area contributed by atoms with E-state index < -0.39 is 0 Å². The molecule has 84 valence electrons. The average Bonchev–Trinajstić information content (AvgIpc) is 2.80. The molecule has 0 saturated heterocycles. The number of hydrogen-bond acceptors (Lipinski definition) is 3. The Labute approximate surface area is 103 Å². The van der Waals surface area contributed by atoms with Crippen molar-refractivity contribution in [3.05, 3.63) is 54.6 Å². The van der Waals surface area contributed by atoms with Crippen LogP contribution < -0.4 is 0 Å². The summed E-state index contributed by atoms with van der Waals surface area (Å²) in [7, 11) is 0. The third-order valence-electron chi connectivity index (χ3n) is 2.45. The second-order valence-electron chi connectivity index (χ2n) is 3.68. The number of rotatable bonds is 3. The summed E-state index contributed by atoms with van der Waals surface area (Å²) in [6, 6.07) is 12.2. The van der Waals surface area contributed by atoms with Gasteiger partial charge in [0.1, 0.15) is 5.82 Å². The van der Waals surface area contributed by atoms with Gasteiger partial charge in [-0.15, -0.1) is 11.8 Å². The van der Waals surface area contributed by atoms with Gasteiger partial charge in [-0.3, -0.25) is 4.98 Å². The van der Waals surface area contributed by atoms with E-state index in [0.717, 1.165) is 22.6 Å². The Kier molecular flexibility index (Phi) is 2.80.